The Kier molecular flexibility index (Phi) is 4.87. The molecule has 2 aromatic rings. The number of hydrogen-bond donors (Lipinski definition) is 0. The molecule has 1 fully saturated rings. The zero-order chi connectivity index (χ0) is 16.4. The molecule has 0 spiro atoms. The first-order valence-electron chi connectivity index (χ1n) is 7.36. The lowest BCUT2D eigenvalue weighted by Crippen LogP contribution is -2.47. The molecule has 1 saturated heterocycles. The number of pyridine rings is 1. The number of nitrogens with zero attached hydrogens (tertiary/aromatic N) is 6. The van der Waals surface area contributed by atoms with E-state index >= 15 is 0 Å². The average Bonchev–Trinajstić information content (AvgIpc) is 2.55. The maximum absolute atomic E-state index is 5.96. The normalized spacial score (nSPS) is 15.0. The van der Waals surface area contributed by atoms with Crippen molar-refractivity contribution in [2.24, 2.45) is 0 Å². The first kappa shape index (κ1) is 16.3. The van der Waals surface area contributed by atoms with Crippen molar-refractivity contribution in [1.82, 2.24) is 15.0 Å². The quantitative estimate of drug-likeness (QED) is 0.793. The Bertz CT molecular complexity index is 687. The van der Waals surface area contributed by atoms with Gasteiger partial charge in [0.1, 0.15) is 11.6 Å². The van der Waals surface area contributed by atoms with Crippen LogP contribution in [0.25, 0.3) is 0 Å². The van der Waals surface area contributed by atoms with Gasteiger partial charge < -0.3 is 14.7 Å². The third-order valence-corrected chi connectivity index (χ3v) is 4.51. The highest BCUT2D eigenvalue weighted by Gasteiger charge is 2.21. The van der Waals surface area contributed by atoms with E-state index in [0.29, 0.717) is 5.02 Å². The molecule has 23 heavy (non-hydrogen) atoms. The van der Waals surface area contributed by atoms with Gasteiger partial charge in [0.15, 0.2) is 0 Å². The summed E-state index contributed by atoms with van der Waals surface area (Å²) in [7, 11) is 3.89. The van der Waals surface area contributed by atoms with E-state index in [1.807, 2.05) is 31.1 Å². The summed E-state index contributed by atoms with van der Waals surface area (Å²) in [6.45, 7) is 3.55. The summed E-state index contributed by atoms with van der Waals surface area (Å²) in [6, 6.07) is 3.84. The van der Waals surface area contributed by atoms with Gasteiger partial charge in [-0.15, -0.1) is 0 Å². The van der Waals surface area contributed by atoms with E-state index in [1.54, 1.807) is 12.4 Å². The SMILES string of the molecule is CN(C)c1nccc(N2CCN(c3ncc(Cl)cc3Br)CC2)n1. The second-order valence-corrected chi connectivity index (χ2v) is 6.83. The predicted molar refractivity (Wildman–Crippen MR) is 97.7 cm³/mol. The summed E-state index contributed by atoms with van der Waals surface area (Å²) in [5, 5.41) is 0.636. The van der Waals surface area contributed by atoms with Gasteiger partial charge in [-0.25, -0.2) is 9.97 Å². The molecule has 0 saturated carbocycles. The van der Waals surface area contributed by atoms with E-state index in [9.17, 15) is 0 Å². The van der Waals surface area contributed by atoms with Gasteiger partial charge in [-0.1, -0.05) is 11.6 Å². The van der Waals surface area contributed by atoms with Gasteiger partial charge in [0.2, 0.25) is 5.95 Å². The van der Waals surface area contributed by atoms with Gasteiger partial charge in [-0.2, -0.15) is 4.98 Å². The highest BCUT2D eigenvalue weighted by Crippen LogP contribution is 2.27. The molecule has 6 nitrogen and oxygen atoms in total. The van der Waals surface area contributed by atoms with Gasteiger partial charge in [-0.3, -0.25) is 0 Å². The number of rotatable bonds is 3. The van der Waals surface area contributed by atoms with Crippen LogP contribution in [0.5, 0.6) is 0 Å². The van der Waals surface area contributed by atoms with Crippen LogP contribution in [0.15, 0.2) is 29.0 Å². The van der Waals surface area contributed by atoms with E-state index in [0.717, 1.165) is 48.2 Å². The minimum atomic E-state index is 0.636. The Balaban J connectivity index is 1.70. The topological polar surface area (TPSA) is 48.4 Å². The molecular weight excluding hydrogens is 380 g/mol. The van der Waals surface area contributed by atoms with Gasteiger partial charge in [0.05, 0.1) is 9.50 Å². The summed E-state index contributed by atoms with van der Waals surface area (Å²) >= 11 is 9.50. The Labute approximate surface area is 149 Å². The van der Waals surface area contributed by atoms with Crippen LogP contribution in [0, 0.1) is 0 Å². The van der Waals surface area contributed by atoms with Crippen molar-refractivity contribution in [3.63, 3.8) is 0 Å². The smallest absolute Gasteiger partial charge is 0.226 e. The molecular formula is C15H18BrClN6. The largest absolute Gasteiger partial charge is 0.353 e. The van der Waals surface area contributed by atoms with Gasteiger partial charge in [-0.05, 0) is 28.1 Å². The molecule has 1 aliphatic rings. The van der Waals surface area contributed by atoms with E-state index in [-0.39, 0.29) is 0 Å². The van der Waals surface area contributed by atoms with E-state index in [2.05, 4.69) is 40.7 Å². The molecule has 0 radical (unpaired) electrons. The standard InChI is InChI=1S/C15H18BrClN6/c1-21(2)15-18-4-3-13(20-15)22-5-7-23(8-6-22)14-12(16)9-11(17)10-19-14/h3-4,9-10H,5-8H2,1-2H3. The summed E-state index contributed by atoms with van der Waals surface area (Å²) in [6.07, 6.45) is 3.49. The molecule has 0 bridgehead atoms. The number of anilines is 3. The number of hydrogen-bond acceptors (Lipinski definition) is 6. The van der Waals surface area contributed by atoms with Crippen molar-refractivity contribution < 1.29 is 0 Å². The van der Waals surface area contributed by atoms with Crippen molar-refractivity contribution in [3.8, 4) is 0 Å². The number of halogens is 2. The molecule has 0 atom stereocenters. The maximum Gasteiger partial charge on any atom is 0.226 e. The molecule has 8 heteroatoms. The Morgan fingerprint density at radius 3 is 2.48 bits per heavy atom. The monoisotopic (exact) mass is 396 g/mol. The van der Waals surface area contributed by atoms with E-state index in [4.69, 9.17) is 11.6 Å². The molecule has 0 N–H and O–H groups in total. The van der Waals surface area contributed by atoms with Crippen LogP contribution in [0.3, 0.4) is 0 Å². The van der Waals surface area contributed by atoms with Crippen molar-refractivity contribution in [1.29, 1.82) is 0 Å². The molecule has 2 aromatic heterocycles. The number of aromatic nitrogens is 3. The molecule has 0 amide bonds. The second kappa shape index (κ2) is 6.88. The third kappa shape index (κ3) is 3.67. The molecule has 0 aromatic carbocycles. The average molecular weight is 398 g/mol. The second-order valence-electron chi connectivity index (χ2n) is 5.54. The molecule has 3 heterocycles. The minimum absolute atomic E-state index is 0.636. The Morgan fingerprint density at radius 1 is 1.13 bits per heavy atom. The molecule has 3 rings (SSSR count). The van der Waals surface area contributed by atoms with Gasteiger partial charge >= 0.3 is 0 Å². The zero-order valence-corrected chi connectivity index (χ0v) is 15.4. The minimum Gasteiger partial charge on any atom is -0.353 e. The summed E-state index contributed by atoms with van der Waals surface area (Å²) in [4.78, 5) is 19.7. The Hall–Kier alpha value is -1.60. The molecule has 0 aliphatic carbocycles. The Morgan fingerprint density at radius 2 is 1.83 bits per heavy atom. The summed E-state index contributed by atoms with van der Waals surface area (Å²) in [5.41, 5.74) is 0. The van der Waals surface area contributed by atoms with Crippen LogP contribution in [-0.2, 0) is 0 Å². The van der Waals surface area contributed by atoms with Crippen LogP contribution in [0.1, 0.15) is 0 Å². The van der Waals surface area contributed by atoms with E-state index in [1.165, 1.54) is 0 Å². The van der Waals surface area contributed by atoms with Crippen molar-refractivity contribution >= 4 is 45.1 Å². The first-order valence-corrected chi connectivity index (χ1v) is 8.53. The van der Waals surface area contributed by atoms with E-state index < -0.39 is 0 Å². The van der Waals surface area contributed by atoms with Gasteiger partial charge in [0.25, 0.3) is 0 Å². The van der Waals surface area contributed by atoms with Crippen molar-refractivity contribution in [2.75, 3.05) is 55.0 Å². The van der Waals surface area contributed by atoms with Crippen molar-refractivity contribution in [3.05, 3.63) is 34.0 Å². The lowest BCUT2D eigenvalue weighted by atomic mass is 10.3. The summed E-state index contributed by atoms with van der Waals surface area (Å²) in [5.74, 6) is 2.63. The van der Waals surface area contributed by atoms with Crippen LogP contribution in [0.4, 0.5) is 17.6 Å². The van der Waals surface area contributed by atoms with Crippen LogP contribution < -0.4 is 14.7 Å². The molecule has 122 valence electrons. The maximum atomic E-state index is 5.96. The lowest BCUT2D eigenvalue weighted by molar-refractivity contribution is 0.640. The highest BCUT2D eigenvalue weighted by molar-refractivity contribution is 9.10. The third-order valence-electron chi connectivity index (χ3n) is 3.72. The van der Waals surface area contributed by atoms with Crippen molar-refractivity contribution in [2.45, 2.75) is 0 Å². The number of piperazine rings is 1. The fourth-order valence-electron chi connectivity index (χ4n) is 2.52. The molecule has 1 aliphatic heterocycles. The highest BCUT2D eigenvalue weighted by atomic mass is 79.9. The van der Waals surface area contributed by atoms with Crippen LogP contribution in [-0.4, -0.2) is 55.2 Å². The van der Waals surface area contributed by atoms with Crippen LogP contribution in [0.2, 0.25) is 5.02 Å². The van der Waals surface area contributed by atoms with Gasteiger partial charge in [0, 0.05) is 52.7 Å². The first-order chi connectivity index (χ1) is 11.0. The molecule has 0 unspecified atom stereocenters. The fourth-order valence-corrected chi connectivity index (χ4v) is 3.41. The summed E-state index contributed by atoms with van der Waals surface area (Å²) < 4.78 is 0.926. The van der Waals surface area contributed by atoms with Crippen LogP contribution >= 0.6 is 27.5 Å². The predicted octanol–water partition coefficient (Wildman–Crippen LogP) is 2.68. The fraction of sp³-hybridized carbons (Fsp3) is 0.400. The lowest BCUT2D eigenvalue weighted by Gasteiger charge is -2.36. The zero-order valence-electron chi connectivity index (χ0n) is 13.1.